The number of aliphatic carboxylic acids is 1. The van der Waals surface area contributed by atoms with Crippen LogP contribution in [0.4, 0.5) is 5.82 Å². The molecule has 0 saturated carbocycles. The first-order valence-electron chi connectivity index (χ1n) is 6.90. The van der Waals surface area contributed by atoms with Gasteiger partial charge in [0.05, 0.1) is 12.0 Å². The second-order valence-corrected chi connectivity index (χ2v) is 6.27. The molecule has 2 aromatic heterocycles. The molecule has 130 valence electrons. The number of aromatic nitrogens is 2. The number of likely N-dealkylation sites (N-methyl/N-ethyl adjacent to an activating group) is 1. The maximum Gasteiger partial charge on any atom is 0.348 e. The van der Waals surface area contributed by atoms with Crippen molar-refractivity contribution >= 4 is 50.9 Å². The zero-order valence-corrected chi connectivity index (χ0v) is 14.9. The van der Waals surface area contributed by atoms with Crippen LogP contribution in [-0.4, -0.2) is 60.9 Å². The van der Waals surface area contributed by atoms with Crippen LogP contribution in [0, 0.1) is 6.92 Å². The molecule has 2 heterocycles. The molecule has 0 aliphatic rings. The summed E-state index contributed by atoms with van der Waals surface area (Å²) >= 11 is 7.06. The molecule has 0 spiro atoms. The lowest BCUT2D eigenvalue weighted by Gasteiger charge is -2.17. The second-order valence-electron chi connectivity index (χ2n) is 4.93. The van der Waals surface area contributed by atoms with E-state index in [-0.39, 0.29) is 18.4 Å². The van der Waals surface area contributed by atoms with E-state index < -0.39 is 11.9 Å². The largest absolute Gasteiger partial charge is 0.480 e. The van der Waals surface area contributed by atoms with Gasteiger partial charge in [-0.1, -0.05) is 0 Å². The van der Waals surface area contributed by atoms with Crippen molar-refractivity contribution in [2.75, 3.05) is 38.8 Å². The van der Waals surface area contributed by atoms with E-state index in [2.05, 4.69) is 9.97 Å². The highest BCUT2D eigenvalue weighted by Gasteiger charge is 2.23. The fourth-order valence-electron chi connectivity index (χ4n) is 2.12. The van der Waals surface area contributed by atoms with E-state index in [1.807, 2.05) is 0 Å². The normalized spacial score (nSPS) is 10.8. The maximum atomic E-state index is 12.2. The Hall–Kier alpha value is -1.97. The lowest BCUT2D eigenvalue weighted by Crippen LogP contribution is -2.26. The molecule has 10 heteroatoms. The zero-order valence-electron chi connectivity index (χ0n) is 13.3. The van der Waals surface area contributed by atoms with Crippen LogP contribution in [-0.2, 0) is 14.3 Å². The number of carboxylic acids is 1. The molecule has 1 N–H and O–H groups in total. The third-order valence-electron chi connectivity index (χ3n) is 3.18. The highest BCUT2D eigenvalue weighted by Crippen LogP contribution is 2.36. The van der Waals surface area contributed by atoms with Crippen LogP contribution < -0.4 is 4.90 Å². The zero-order chi connectivity index (χ0) is 17.9. The Morgan fingerprint density at radius 2 is 2.04 bits per heavy atom. The summed E-state index contributed by atoms with van der Waals surface area (Å²) in [6.07, 6.45) is 0. The number of carbonyl (C=O) groups is 2. The van der Waals surface area contributed by atoms with E-state index in [0.29, 0.717) is 33.1 Å². The van der Waals surface area contributed by atoms with Gasteiger partial charge in [-0.3, -0.25) is 4.79 Å². The number of hydrogen-bond acceptors (Lipinski definition) is 8. The molecular formula is C14H16ClN3O5S. The van der Waals surface area contributed by atoms with Gasteiger partial charge >= 0.3 is 11.9 Å². The van der Waals surface area contributed by atoms with Crippen LogP contribution in [0.3, 0.4) is 0 Å². The molecule has 0 saturated heterocycles. The summed E-state index contributed by atoms with van der Waals surface area (Å²) in [6, 6.07) is 0. The van der Waals surface area contributed by atoms with Crippen molar-refractivity contribution in [1.82, 2.24) is 9.97 Å². The first-order chi connectivity index (χ1) is 11.3. The number of thiophene rings is 1. The van der Waals surface area contributed by atoms with E-state index in [4.69, 9.17) is 26.2 Å². The lowest BCUT2D eigenvalue weighted by atomic mass is 10.2. The fourth-order valence-corrected chi connectivity index (χ4v) is 3.41. The minimum Gasteiger partial charge on any atom is -0.480 e. The Bertz CT molecular complexity index is 779. The van der Waals surface area contributed by atoms with Crippen molar-refractivity contribution in [2.24, 2.45) is 0 Å². The summed E-state index contributed by atoms with van der Waals surface area (Å²) in [5.74, 6) is -1.14. The van der Waals surface area contributed by atoms with Crippen LogP contribution in [0.1, 0.15) is 15.2 Å². The number of ether oxygens (including phenoxy) is 2. The minimum atomic E-state index is -1.01. The number of anilines is 1. The Morgan fingerprint density at radius 3 is 2.67 bits per heavy atom. The highest BCUT2D eigenvalue weighted by atomic mass is 35.5. The van der Waals surface area contributed by atoms with Gasteiger partial charge in [0.15, 0.2) is 0 Å². The molecule has 0 atom stereocenters. The van der Waals surface area contributed by atoms with Gasteiger partial charge in [0.25, 0.3) is 0 Å². The number of fused-ring (bicyclic) bond motifs is 1. The SMILES string of the molecule is COCCOC(=O)c1sc2nc(Cl)nc(N(C)CC(=O)O)c2c1C. The van der Waals surface area contributed by atoms with Crippen molar-refractivity contribution in [3.8, 4) is 0 Å². The van der Waals surface area contributed by atoms with E-state index in [1.165, 1.54) is 12.0 Å². The first-order valence-corrected chi connectivity index (χ1v) is 8.10. The first kappa shape index (κ1) is 18.4. The Labute approximate surface area is 147 Å². The predicted octanol–water partition coefficient (Wildman–Crippen LogP) is 1.98. The van der Waals surface area contributed by atoms with Crippen molar-refractivity contribution in [3.05, 3.63) is 15.7 Å². The average molecular weight is 374 g/mol. The van der Waals surface area contributed by atoms with Gasteiger partial charge < -0.3 is 19.5 Å². The van der Waals surface area contributed by atoms with Crippen molar-refractivity contribution < 1.29 is 24.2 Å². The number of methoxy groups -OCH3 is 1. The van der Waals surface area contributed by atoms with Gasteiger partial charge in [0.2, 0.25) is 5.28 Å². The van der Waals surface area contributed by atoms with Crippen LogP contribution in [0.5, 0.6) is 0 Å². The van der Waals surface area contributed by atoms with Crippen LogP contribution >= 0.6 is 22.9 Å². The molecule has 2 rings (SSSR count). The average Bonchev–Trinajstić information content (AvgIpc) is 2.82. The van der Waals surface area contributed by atoms with Crippen LogP contribution in [0.15, 0.2) is 0 Å². The van der Waals surface area contributed by atoms with Crippen LogP contribution in [0.25, 0.3) is 10.2 Å². The quantitative estimate of drug-likeness (QED) is 0.446. The number of carbonyl (C=O) groups excluding carboxylic acids is 1. The molecule has 0 fully saturated rings. The Balaban J connectivity index is 2.46. The number of aryl methyl sites for hydroxylation is 1. The standard InChI is InChI=1S/C14H16ClN3O5S/c1-7-9-11(18(2)6-8(19)20)16-14(15)17-12(9)24-10(7)13(21)23-5-4-22-3/h4-6H2,1-3H3,(H,19,20). The maximum absolute atomic E-state index is 12.2. The topological polar surface area (TPSA) is 102 Å². The highest BCUT2D eigenvalue weighted by molar-refractivity contribution is 7.20. The van der Waals surface area contributed by atoms with E-state index >= 15 is 0 Å². The van der Waals surface area contributed by atoms with Crippen LogP contribution in [0.2, 0.25) is 5.28 Å². The number of hydrogen-bond donors (Lipinski definition) is 1. The Morgan fingerprint density at radius 1 is 1.33 bits per heavy atom. The van der Waals surface area contributed by atoms with Gasteiger partial charge in [-0.2, -0.15) is 4.98 Å². The Kier molecular flexibility index (Phi) is 5.92. The molecule has 0 unspecified atom stereocenters. The van der Waals surface area contributed by atoms with Crippen molar-refractivity contribution in [2.45, 2.75) is 6.92 Å². The summed E-state index contributed by atoms with van der Waals surface area (Å²) in [5.41, 5.74) is 0.626. The van der Waals surface area contributed by atoms with Gasteiger partial charge in [-0.25, -0.2) is 9.78 Å². The van der Waals surface area contributed by atoms with Crippen molar-refractivity contribution in [3.63, 3.8) is 0 Å². The molecule has 0 amide bonds. The molecule has 2 aromatic rings. The number of esters is 1. The molecule has 0 aliphatic heterocycles. The summed E-state index contributed by atoms with van der Waals surface area (Å²) in [5, 5.41) is 9.54. The molecule has 24 heavy (non-hydrogen) atoms. The van der Waals surface area contributed by atoms with Crippen molar-refractivity contribution in [1.29, 1.82) is 0 Å². The second kappa shape index (κ2) is 7.73. The number of halogens is 1. The summed E-state index contributed by atoms with van der Waals surface area (Å²) in [6.45, 7) is 1.92. The van der Waals surface area contributed by atoms with E-state index in [0.717, 1.165) is 11.3 Å². The molecule has 0 aromatic carbocycles. The molecule has 0 radical (unpaired) electrons. The van der Waals surface area contributed by atoms with E-state index in [1.54, 1.807) is 14.0 Å². The number of rotatable bonds is 7. The molecule has 0 bridgehead atoms. The number of carboxylic acid groups (broad SMARTS) is 1. The fraction of sp³-hybridized carbons (Fsp3) is 0.429. The summed E-state index contributed by atoms with van der Waals surface area (Å²) in [4.78, 5) is 33.7. The van der Waals surface area contributed by atoms with Gasteiger partial charge in [-0.05, 0) is 24.1 Å². The van der Waals surface area contributed by atoms with Gasteiger partial charge in [0.1, 0.15) is 28.7 Å². The van der Waals surface area contributed by atoms with Gasteiger partial charge in [0, 0.05) is 14.2 Å². The summed E-state index contributed by atoms with van der Waals surface area (Å²) in [7, 11) is 3.10. The molecular weight excluding hydrogens is 358 g/mol. The number of nitrogens with zero attached hydrogens (tertiary/aromatic N) is 3. The molecule has 8 nitrogen and oxygen atoms in total. The van der Waals surface area contributed by atoms with Gasteiger partial charge in [-0.15, -0.1) is 11.3 Å². The lowest BCUT2D eigenvalue weighted by molar-refractivity contribution is -0.135. The third-order valence-corrected chi connectivity index (χ3v) is 4.52. The predicted molar refractivity (Wildman–Crippen MR) is 90.2 cm³/mol. The third kappa shape index (κ3) is 3.92. The monoisotopic (exact) mass is 373 g/mol. The smallest absolute Gasteiger partial charge is 0.348 e. The minimum absolute atomic E-state index is 0.0183. The molecule has 0 aliphatic carbocycles. The van der Waals surface area contributed by atoms with E-state index in [9.17, 15) is 9.59 Å². The summed E-state index contributed by atoms with van der Waals surface area (Å²) < 4.78 is 9.98.